The fourth-order valence-corrected chi connectivity index (χ4v) is 3.69. The summed E-state index contributed by atoms with van der Waals surface area (Å²) >= 11 is 0. The number of rotatable bonds is 7. The van der Waals surface area contributed by atoms with E-state index in [9.17, 15) is 0 Å². The first-order valence-corrected chi connectivity index (χ1v) is 10.1. The van der Waals surface area contributed by atoms with Crippen LogP contribution >= 0.6 is 0 Å². The van der Waals surface area contributed by atoms with Crippen molar-refractivity contribution in [2.24, 2.45) is 5.41 Å². The fourth-order valence-electron chi connectivity index (χ4n) is 3.69. The van der Waals surface area contributed by atoms with E-state index in [4.69, 9.17) is 9.47 Å². The molecule has 2 aromatic carbocycles. The summed E-state index contributed by atoms with van der Waals surface area (Å²) in [7, 11) is 0. The van der Waals surface area contributed by atoms with Crippen LogP contribution in [0.25, 0.3) is 0 Å². The number of ether oxygens (including phenoxy) is 2. The molecule has 1 saturated heterocycles. The van der Waals surface area contributed by atoms with Crippen molar-refractivity contribution in [1.82, 2.24) is 4.90 Å². The lowest BCUT2D eigenvalue weighted by Gasteiger charge is -2.31. The van der Waals surface area contributed by atoms with Crippen LogP contribution in [0.15, 0.2) is 54.6 Å². The largest absolute Gasteiger partial charge is 0.492 e. The Morgan fingerprint density at radius 1 is 0.963 bits per heavy atom. The van der Waals surface area contributed by atoms with Gasteiger partial charge in [0.05, 0.1) is 13.2 Å². The minimum Gasteiger partial charge on any atom is -0.492 e. The fraction of sp³-hybridized carbons (Fsp3) is 0.500. The Kier molecular flexibility index (Phi) is 6.92. The molecule has 1 atom stereocenters. The number of hydrogen-bond donors (Lipinski definition) is 0. The van der Waals surface area contributed by atoms with E-state index in [2.05, 4.69) is 80.3 Å². The number of morpholine rings is 1. The molecule has 0 aliphatic carbocycles. The summed E-state index contributed by atoms with van der Waals surface area (Å²) in [6.07, 6.45) is 1.06. The van der Waals surface area contributed by atoms with Crippen molar-refractivity contribution in [2.75, 3.05) is 39.5 Å². The third-order valence-electron chi connectivity index (χ3n) is 5.39. The summed E-state index contributed by atoms with van der Waals surface area (Å²) in [5, 5.41) is 0. The number of nitrogens with zero attached hydrogens (tertiary/aromatic N) is 1. The Bertz CT molecular complexity index is 670. The van der Waals surface area contributed by atoms with Crippen molar-refractivity contribution in [3.05, 3.63) is 65.7 Å². The molecule has 2 aromatic rings. The zero-order chi connectivity index (χ0) is 19.1. The first kappa shape index (κ1) is 19.9. The maximum Gasteiger partial charge on any atom is 0.119 e. The van der Waals surface area contributed by atoms with Gasteiger partial charge in [-0.25, -0.2) is 0 Å². The zero-order valence-corrected chi connectivity index (χ0v) is 17.0. The molecule has 1 fully saturated rings. The third-order valence-corrected chi connectivity index (χ3v) is 5.39. The smallest absolute Gasteiger partial charge is 0.119 e. The Hall–Kier alpha value is -1.84. The maximum absolute atomic E-state index is 5.96. The molecule has 0 radical (unpaired) electrons. The first-order chi connectivity index (χ1) is 13.0. The summed E-state index contributed by atoms with van der Waals surface area (Å²) in [6, 6.07) is 19.5. The SMILES string of the molecule is CC(C)(C)C(Cc1ccccc1)c1ccc(OCCN2CCOCC2)cc1. The van der Waals surface area contributed by atoms with Gasteiger partial charge < -0.3 is 9.47 Å². The standard InChI is InChI=1S/C24H33NO2/c1-24(2,3)23(19-20-7-5-4-6-8-20)21-9-11-22(12-10-21)27-18-15-25-13-16-26-17-14-25/h4-12,23H,13-19H2,1-3H3. The molecule has 0 aromatic heterocycles. The van der Waals surface area contributed by atoms with Gasteiger partial charge in [-0.3, -0.25) is 4.90 Å². The molecule has 0 amide bonds. The summed E-state index contributed by atoms with van der Waals surface area (Å²) in [5.41, 5.74) is 2.98. The van der Waals surface area contributed by atoms with E-state index in [0.29, 0.717) is 5.92 Å². The van der Waals surface area contributed by atoms with Crippen LogP contribution in [0.5, 0.6) is 5.75 Å². The van der Waals surface area contributed by atoms with Crippen molar-refractivity contribution < 1.29 is 9.47 Å². The second-order valence-corrected chi connectivity index (χ2v) is 8.48. The lowest BCUT2D eigenvalue weighted by molar-refractivity contribution is 0.0322. The van der Waals surface area contributed by atoms with Gasteiger partial charge >= 0.3 is 0 Å². The highest BCUT2D eigenvalue weighted by Gasteiger charge is 2.26. The Balaban J connectivity index is 1.59. The van der Waals surface area contributed by atoms with Crippen LogP contribution in [0.4, 0.5) is 0 Å². The van der Waals surface area contributed by atoms with Crippen LogP contribution in [0.2, 0.25) is 0 Å². The highest BCUT2D eigenvalue weighted by Crippen LogP contribution is 2.38. The molecule has 1 heterocycles. The highest BCUT2D eigenvalue weighted by atomic mass is 16.5. The molecular formula is C24H33NO2. The quantitative estimate of drug-likeness (QED) is 0.704. The molecule has 0 N–H and O–H groups in total. The molecule has 1 aliphatic rings. The molecule has 1 unspecified atom stereocenters. The van der Waals surface area contributed by atoms with Gasteiger partial charge in [0, 0.05) is 19.6 Å². The van der Waals surface area contributed by atoms with Crippen LogP contribution in [0.1, 0.15) is 37.8 Å². The Morgan fingerprint density at radius 2 is 1.63 bits per heavy atom. The molecular weight excluding hydrogens is 334 g/mol. The summed E-state index contributed by atoms with van der Waals surface area (Å²) < 4.78 is 11.4. The van der Waals surface area contributed by atoms with E-state index in [1.165, 1.54) is 11.1 Å². The molecule has 3 nitrogen and oxygen atoms in total. The first-order valence-electron chi connectivity index (χ1n) is 10.1. The lowest BCUT2D eigenvalue weighted by atomic mass is 9.73. The topological polar surface area (TPSA) is 21.7 Å². The van der Waals surface area contributed by atoms with Gasteiger partial charge in [-0.15, -0.1) is 0 Å². The Labute approximate surface area is 164 Å². The van der Waals surface area contributed by atoms with Crippen LogP contribution in [0, 0.1) is 5.41 Å². The van der Waals surface area contributed by atoms with Gasteiger partial charge in [0.15, 0.2) is 0 Å². The van der Waals surface area contributed by atoms with Crippen LogP contribution < -0.4 is 4.74 Å². The predicted octanol–water partition coefficient (Wildman–Crippen LogP) is 4.77. The van der Waals surface area contributed by atoms with Crippen LogP contribution in [0.3, 0.4) is 0 Å². The van der Waals surface area contributed by atoms with E-state index in [-0.39, 0.29) is 5.41 Å². The van der Waals surface area contributed by atoms with Crippen molar-refractivity contribution in [2.45, 2.75) is 33.1 Å². The van der Waals surface area contributed by atoms with E-state index in [0.717, 1.165) is 51.6 Å². The minimum atomic E-state index is 0.203. The molecule has 27 heavy (non-hydrogen) atoms. The van der Waals surface area contributed by atoms with E-state index in [1.54, 1.807) is 0 Å². The van der Waals surface area contributed by atoms with Crippen molar-refractivity contribution in [1.29, 1.82) is 0 Å². The van der Waals surface area contributed by atoms with Gasteiger partial charge in [-0.05, 0) is 41.0 Å². The molecule has 3 rings (SSSR count). The van der Waals surface area contributed by atoms with Gasteiger partial charge in [0.25, 0.3) is 0 Å². The van der Waals surface area contributed by atoms with Gasteiger partial charge in [-0.2, -0.15) is 0 Å². The Morgan fingerprint density at radius 3 is 2.26 bits per heavy atom. The molecule has 146 valence electrons. The maximum atomic E-state index is 5.96. The third kappa shape index (κ3) is 6.08. The van der Waals surface area contributed by atoms with E-state index in [1.807, 2.05) is 0 Å². The number of benzene rings is 2. The zero-order valence-electron chi connectivity index (χ0n) is 17.0. The molecule has 3 heteroatoms. The molecule has 0 spiro atoms. The lowest BCUT2D eigenvalue weighted by Crippen LogP contribution is -2.38. The van der Waals surface area contributed by atoms with E-state index < -0.39 is 0 Å². The second kappa shape index (κ2) is 9.38. The summed E-state index contributed by atoms with van der Waals surface area (Å²) in [5.74, 6) is 1.43. The molecule has 0 saturated carbocycles. The van der Waals surface area contributed by atoms with Gasteiger partial charge in [0.1, 0.15) is 12.4 Å². The predicted molar refractivity (Wildman–Crippen MR) is 112 cm³/mol. The normalized spacial score (nSPS) is 16.9. The number of hydrogen-bond acceptors (Lipinski definition) is 3. The van der Waals surface area contributed by atoms with Crippen LogP contribution in [-0.2, 0) is 11.2 Å². The van der Waals surface area contributed by atoms with Gasteiger partial charge in [0.2, 0.25) is 0 Å². The summed E-state index contributed by atoms with van der Waals surface area (Å²) in [4.78, 5) is 2.40. The molecule has 0 bridgehead atoms. The van der Waals surface area contributed by atoms with Crippen molar-refractivity contribution in [3.8, 4) is 5.75 Å². The van der Waals surface area contributed by atoms with Crippen LogP contribution in [-0.4, -0.2) is 44.4 Å². The highest BCUT2D eigenvalue weighted by molar-refractivity contribution is 5.32. The average molecular weight is 368 g/mol. The van der Waals surface area contributed by atoms with E-state index >= 15 is 0 Å². The average Bonchev–Trinajstić information content (AvgIpc) is 2.68. The van der Waals surface area contributed by atoms with Crippen molar-refractivity contribution in [3.63, 3.8) is 0 Å². The van der Waals surface area contributed by atoms with Crippen molar-refractivity contribution >= 4 is 0 Å². The minimum absolute atomic E-state index is 0.203. The second-order valence-electron chi connectivity index (χ2n) is 8.48. The van der Waals surface area contributed by atoms with Gasteiger partial charge in [-0.1, -0.05) is 63.2 Å². The monoisotopic (exact) mass is 367 g/mol. The summed E-state index contributed by atoms with van der Waals surface area (Å²) in [6.45, 7) is 12.4. The molecule has 1 aliphatic heterocycles.